The minimum Gasteiger partial charge on any atom is -0.358 e. The van der Waals surface area contributed by atoms with Gasteiger partial charge in [0.15, 0.2) is 0 Å². The molecule has 4 heteroatoms. The molecule has 0 spiro atoms. The van der Waals surface area contributed by atoms with Crippen LogP contribution in [-0.4, -0.2) is 67.1 Å². The Morgan fingerprint density at radius 2 is 1.84 bits per heavy atom. The van der Waals surface area contributed by atoms with Crippen LogP contribution in [0.1, 0.15) is 29.3 Å². The smallest absolute Gasteiger partial charge is 0.0491 e. The number of benzene rings is 1. The molecule has 1 aliphatic rings. The summed E-state index contributed by atoms with van der Waals surface area (Å²) in [6.45, 7) is 15.9. The van der Waals surface area contributed by atoms with E-state index in [9.17, 15) is 0 Å². The maximum atomic E-state index is 3.73. The van der Waals surface area contributed by atoms with E-state index >= 15 is 0 Å². The fourth-order valence-electron chi connectivity index (χ4n) is 3.94. The summed E-state index contributed by atoms with van der Waals surface area (Å²) in [6.07, 6.45) is 1.08. The van der Waals surface area contributed by atoms with Crippen LogP contribution in [0.4, 0.5) is 0 Å². The lowest BCUT2D eigenvalue weighted by Gasteiger charge is -2.34. The zero-order valence-electron chi connectivity index (χ0n) is 16.6. The molecule has 3 rings (SSSR count). The number of aromatic amines is 1. The van der Waals surface area contributed by atoms with E-state index in [2.05, 4.69) is 67.0 Å². The van der Waals surface area contributed by atoms with Crippen LogP contribution in [0.15, 0.2) is 12.1 Å². The zero-order valence-corrected chi connectivity index (χ0v) is 16.6. The van der Waals surface area contributed by atoms with Crippen molar-refractivity contribution in [1.82, 2.24) is 20.1 Å². The van der Waals surface area contributed by atoms with Gasteiger partial charge in [-0.3, -0.25) is 4.90 Å². The number of H-pyrrole nitrogens is 1. The van der Waals surface area contributed by atoms with Crippen molar-refractivity contribution in [3.8, 4) is 0 Å². The van der Waals surface area contributed by atoms with Crippen molar-refractivity contribution in [3.63, 3.8) is 0 Å². The highest BCUT2D eigenvalue weighted by Gasteiger charge is 2.16. The second-order valence-electron chi connectivity index (χ2n) is 7.87. The van der Waals surface area contributed by atoms with Crippen LogP contribution in [0.2, 0.25) is 0 Å². The summed E-state index contributed by atoms with van der Waals surface area (Å²) >= 11 is 0. The number of likely N-dealkylation sites (N-methyl/N-ethyl adjacent to an activating group) is 1. The summed E-state index contributed by atoms with van der Waals surface area (Å²) in [7, 11) is 2.21. The van der Waals surface area contributed by atoms with Gasteiger partial charge >= 0.3 is 0 Å². The highest BCUT2D eigenvalue weighted by atomic mass is 15.3. The standard InChI is InChI=1S/C21H34N4/c1-15-6-7-20-19(18(4)23-21(20)17(15)3)8-9-22-16(2)14-25-12-10-24(5)11-13-25/h6-7,16,22-23H,8-14H2,1-5H3/t16-/m0/s1. The van der Waals surface area contributed by atoms with Gasteiger partial charge in [-0.05, 0) is 64.4 Å². The third-order valence-corrected chi connectivity index (χ3v) is 5.82. The molecule has 0 saturated carbocycles. The van der Waals surface area contributed by atoms with Crippen molar-refractivity contribution in [1.29, 1.82) is 0 Å². The third kappa shape index (κ3) is 4.25. The van der Waals surface area contributed by atoms with Crippen LogP contribution in [-0.2, 0) is 6.42 Å². The summed E-state index contributed by atoms with van der Waals surface area (Å²) in [5.41, 5.74) is 6.84. The molecule has 0 unspecified atom stereocenters. The second-order valence-corrected chi connectivity index (χ2v) is 7.87. The van der Waals surface area contributed by atoms with Crippen molar-refractivity contribution in [2.24, 2.45) is 0 Å². The Morgan fingerprint density at radius 1 is 1.12 bits per heavy atom. The van der Waals surface area contributed by atoms with Crippen molar-refractivity contribution >= 4 is 10.9 Å². The van der Waals surface area contributed by atoms with Gasteiger partial charge in [-0.25, -0.2) is 0 Å². The Morgan fingerprint density at radius 3 is 2.56 bits per heavy atom. The minimum atomic E-state index is 0.540. The molecule has 25 heavy (non-hydrogen) atoms. The van der Waals surface area contributed by atoms with Crippen LogP contribution < -0.4 is 5.32 Å². The van der Waals surface area contributed by atoms with E-state index < -0.39 is 0 Å². The molecule has 2 aromatic rings. The van der Waals surface area contributed by atoms with E-state index in [-0.39, 0.29) is 0 Å². The fourth-order valence-corrected chi connectivity index (χ4v) is 3.94. The number of aryl methyl sites for hydroxylation is 3. The summed E-state index contributed by atoms with van der Waals surface area (Å²) in [5.74, 6) is 0. The van der Waals surface area contributed by atoms with Crippen LogP contribution >= 0.6 is 0 Å². The monoisotopic (exact) mass is 342 g/mol. The van der Waals surface area contributed by atoms with E-state index in [0.717, 1.165) is 19.5 Å². The van der Waals surface area contributed by atoms with Gasteiger partial charge in [-0.15, -0.1) is 0 Å². The number of nitrogens with one attached hydrogen (secondary N) is 2. The van der Waals surface area contributed by atoms with Crippen molar-refractivity contribution in [2.45, 2.75) is 40.2 Å². The maximum absolute atomic E-state index is 3.73. The zero-order chi connectivity index (χ0) is 18.0. The SMILES string of the molecule is Cc1ccc2c(CCN[C@@H](C)CN3CCN(C)CC3)c(C)[nH]c2c1C. The third-order valence-electron chi connectivity index (χ3n) is 5.82. The molecule has 0 aliphatic carbocycles. The molecule has 1 saturated heterocycles. The molecule has 0 radical (unpaired) electrons. The van der Waals surface area contributed by atoms with Gasteiger partial charge in [0.25, 0.3) is 0 Å². The number of aromatic nitrogens is 1. The number of fused-ring (bicyclic) bond motifs is 1. The molecular weight excluding hydrogens is 308 g/mol. The Labute approximate surface area is 152 Å². The van der Waals surface area contributed by atoms with E-state index in [1.54, 1.807) is 0 Å². The maximum Gasteiger partial charge on any atom is 0.0491 e. The number of rotatable bonds is 6. The van der Waals surface area contributed by atoms with E-state index in [4.69, 9.17) is 0 Å². The molecule has 0 bridgehead atoms. The summed E-state index contributed by atoms with van der Waals surface area (Å²) < 4.78 is 0. The minimum absolute atomic E-state index is 0.540. The largest absolute Gasteiger partial charge is 0.358 e. The first-order chi connectivity index (χ1) is 12.0. The van der Waals surface area contributed by atoms with Gasteiger partial charge in [0, 0.05) is 55.4 Å². The molecule has 1 fully saturated rings. The van der Waals surface area contributed by atoms with E-state index in [1.165, 1.54) is 59.5 Å². The first-order valence-electron chi connectivity index (χ1n) is 9.67. The van der Waals surface area contributed by atoms with Crippen LogP contribution in [0.3, 0.4) is 0 Å². The average molecular weight is 343 g/mol. The quantitative estimate of drug-likeness (QED) is 0.847. The number of hydrogen-bond donors (Lipinski definition) is 2. The summed E-state index contributed by atoms with van der Waals surface area (Å²) in [4.78, 5) is 8.60. The van der Waals surface area contributed by atoms with E-state index in [0.29, 0.717) is 6.04 Å². The predicted molar refractivity (Wildman–Crippen MR) is 108 cm³/mol. The predicted octanol–water partition coefficient (Wildman–Crippen LogP) is 2.86. The molecule has 1 aromatic carbocycles. The molecule has 1 atom stereocenters. The average Bonchev–Trinajstić information content (AvgIpc) is 2.90. The second kappa shape index (κ2) is 7.90. The molecule has 1 aliphatic heterocycles. The van der Waals surface area contributed by atoms with Crippen LogP contribution in [0, 0.1) is 20.8 Å². The normalized spacial score (nSPS) is 18.1. The number of nitrogens with zero attached hydrogens (tertiary/aromatic N) is 2. The van der Waals surface area contributed by atoms with Gasteiger partial charge in [0.1, 0.15) is 0 Å². The lowest BCUT2D eigenvalue weighted by atomic mass is 10.0. The van der Waals surface area contributed by atoms with E-state index in [1.807, 2.05) is 0 Å². The highest BCUT2D eigenvalue weighted by molar-refractivity contribution is 5.88. The molecule has 2 N–H and O–H groups in total. The highest BCUT2D eigenvalue weighted by Crippen LogP contribution is 2.26. The number of piperazine rings is 1. The van der Waals surface area contributed by atoms with Gasteiger partial charge < -0.3 is 15.2 Å². The Kier molecular flexibility index (Phi) is 5.82. The van der Waals surface area contributed by atoms with Crippen LogP contribution in [0.5, 0.6) is 0 Å². The Hall–Kier alpha value is -1.36. The van der Waals surface area contributed by atoms with Crippen molar-refractivity contribution in [2.75, 3.05) is 46.3 Å². The van der Waals surface area contributed by atoms with Crippen molar-refractivity contribution in [3.05, 3.63) is 34.5 Å². The van der Waals surface area contributed by atoms with Gasteiger partial charge in [-0.1, -0.05) is 12.1 Å². The number of hydrogen-bond acceptors (Lipinski definition) is 3. The molecule has 1 aromatic heterocycles. The van der Waals surface area contributed by atoms with Crippen LogP contribution in [0.25, 0.3) is 10.9 Å². The fraction of sp³-hybridized carbons (Fsp3) is 0.619. The summed E-state index contributed by atoms with van der Waals surface area (Å²) in [6, 6.07) is 5.07. The molecule has 138 valence electrons. The molecule has 2 heterocycles. The lowest BCUT2D eigenvalue weighted by Crippen LogP contribution is -2.49. The Balaban J connectivity index is 1.54. The first kappa shape index (κ1) is 18.4. The summed E-state index contributed by atoms with van der Waals surface area (Å²) in [5, 5.41) is 5.13. The van der Waals surface area contributed by atoms with Crippen molar-refractivity contribution < 1.29 is 0 Å². The van der Waals surface area contributed by atoms with Gasteiger partial charge in [-0.2, -0.15) is 0 Å². The Bertz CT molecular complexity index is 710. The lowest BCUT2D eigenvalue weighted by molar-refractivity contribution is 0.144. The van der Waals surface area contributed by atoms with Gasteiger partial charge in [0.2, 0.25) is 0 Å². The first-order valence-corrected chi connectivity index (χ1v) is 9.67. The molecular formula is C21H34N4. The molecule has 0 amide bonds. The van der Waals surface area contributed by atoms with Gasteiger partial charge in [0.05, 0.1) is 0 Å². The molecule has 4 nitrogen and oxygen atoms in total. The topological polar surface area (TPSA) is 34.3 Å².